The van der Waals surface area contributed by atoms with Crippen LogP contribution in [0.4, 0.5) is 18.3 Å². The fraction of sp³-hybridized carbons (Fsp3) is 0.278. The molecule has 1 amide bonds. The molecule has 0 aliphatic rings. The molecule has 0 fully saturated rings. The topological polar surface area (TPSA) is 71.3 Å². The van der Waals surface area contributed by atoms with Gasteiger partial charge in [-0.3, -0.25) is 10.1 Å². The molecule has 1 N–H and O–H groups in total. The second kappa shape index (κ2) is 7.72. The summed E-state index contributed by atoms with van der Waals surface area (Å²) in [4.78, 5) is 18.6. The lowest BCUT2D eigenvalue weighted by atomic mass is 10.1. The molecule has 0 saturated carbocycles. The van der Waals surface area contributed by atoms with Gasteiger partial charge in [-0.25, -0.2) is 4.98 Å². The second-order valence-electron chi connectivity index (χ2n) is 6.37. The molecule has 0 spiro atoms. The molecule has 2 aromatic heterocycles. The molecule has 0 aliphatic heterocycles. The highest BCUT2D eigenvalue weighted by molar-refractivity contribution is 7.09. The van der Waals surface area contributed by atoms with Crippen molar-refractivity contribution >= 4 is 22.6 Å². The van der Waals surface area contributed by atoms with Crippen LogP contribution in [0.15, 0.2) is 34.7 Å². The van der Waals surface area contributed by atoms with Crippen molar-refractivity contribution in [2.24, 2.45) is 0 Å². The van der Waals surface area contributed by atoms with Crippen LogP contribution in [0, 0.1) is 6.92 Å². The molecule has 3 aromatic rings. The Labute approximate surface area is 163 Å². The predicted octanol–water partition coefficient (Wildman–Crippen LogP) is 4.44. The molecule has 0 atom stereocenters. The first kappa shape index (κ1) is 20.0. The number of carbonyl (C=O) groups excluding carboxylic acids is 1. The summed E-state index contributed by atoms with van der Waals surface area (Å²) in [6.07, 6.45) is -4.46. The number of benzene rings is 1. The van der Waals surface area contributed by atoms with E-state index in [-0.39, 0.29) is 16.9 Å². The van der Waals surface area contributed by atoms with Crippen molar-refractivity contribution in [2.45, 2.75) is 19.6 Å². The third-order valence-corrected chi connectivity index (χ3v) is 4.45. The van der Waals surface area contributed by atoms with E-state index in [1.165, 1.54) is 18.2 Å². The Balaban J connectivity index is 1.80. The van der Waals surface area contributed by atoms with Gasteiger partial charge in [-0.2, -0.15) is 17.5 Å². The monoisotopic (exact) mass is 410 g/mol. The molecule has 0 aliphatic carbocycles. The van der Waals surface area contributed by atoms with Crippen molar-refractivity contribution in [3.05, 3.63) is 53.0 Å². The van der Waals surface area contributed by atoms with Crippen LogP contribution in [0.3, 0.4) is 0 Å². The number of hydrogen-bond donors (Lipinski definition) is 1. The zero-order valence-corrected chi connectivity index (χ0v) is 16.1. The molecule has 1 aromatic carbocycles. The van der Waals surface area contributed by atoms with Gasteiger partial charge in [-0.15, -0.1) is 0 Å². The molecule has 10 heteroatoms. The van der Waals surface area contributed by atoms with Crippen molar-refractivity contribution in [2.75, 3.05) is 19.4 Å². The highest BCUT2D eigenvalue weighted by atomic mass is 32.1. The Morgan fingerprint density at radius 2 is 2.04 bits per heavy atom. The summed E-state index contributed by atoms with van der Waals surface area (Å²) in [7, 11) is 3.76. The fourth-order valence-electron chi connectivity index (χ4n) is 2.51. The van der Waals surface area contributed by atoms with Gasteiger partial charge < -0.3 is 9.32 Å². The average Bonchev–Trinajstić information content (AvgIpc) is 3.20. The molecule has 2 heterocycles. The van der Waals surface area contributed by atoms with E-state index < -0.39 is 17.6 Å². The van der Waals surface area contributed by atoms with Crippen molar-refractivity contribution in [3.8, 4) is 11.3 Å². The average molecular weight is 410 g/mol. The number of nitrogens with one attached hydrogen (secondary N) is 1. The summed E-state index contributed by atoms with van der Waals surface area (Å²) in [5, 5.41) is 2.98. The smallest absolute Gasteiger partial charge is 0.416 e. The fourth-order valence-corrected chi connectivity index (χ4v) is 3.09. The molecule has 28 heavy (non-hydrogen) atoms. The van der Waals surface area contributed by atoms with Crippen LogP contribution in [-0.4, -0.2) is 34.3 Å². The number of aryl methyl sites for hydroxylation is 1. The summed E-state index contributed by atoms with van der Waals surface area (Å²) >= 11 is 1.05. The zero-order valence-electron chi connectivity index (χ0n) is 15.3. The van der Waals surface area contributed by atoms with Crippen molar-refractivity contribution < 1.29 is 22.4 Å². The van der Waals surface area contributed by atoms with Crippen molar-refractivity contribution in [3.63, 3.8) is 0 Å². The van der Waals surface area contributed by atoms with E-state index >= 15 is 0 Å². The number of hydrogen-bond acceptors (Lipinski definition) is 6. The summed E-state index contributed by atoms with van der Waals surface area (Å²) in [5.41, 5.74) is -0.328. The first-order valence-corrected chi connectivity index (χ1v) is 8.97. The quantitative estimate of drug-likeness (QED) is 0.673. The Kier molecular flexibility index (Phi) is 5.52. The van der Waals surface area contributed by atoms with Gasteiger partial charge in [0.15, 0.2) is 5.82 Å². The Bertz CT molecular complexity index is 995. The molecular weight excluding hydrogens is 393 g/mol. The van der Waals surface area contributed by atoms with Gasteiger partial charge in [0.05, 0.1) is 17.7 Å². The number of halogens is 3. The third kappa shape index (κ3) is 4.57. The summed E-state index contributed by atoms with van der Waals surface area (Å²) in [5.74, 6) is 0.591. The number of alkyl halides is 3. The van der Waals surface area contributed by atoms with E-state index in [0.29, 0.717) is 23.3 Å². The maximum atomic E-state index is 12.9. The minimum Gasteiger partial charge on any atom is -0.461 e. The largest absolute Gasteiger partial charge is 0.461 e. The molecule has 148 valence electrons. The van der Waals surface area contributed by atoms with Crippen LogP contribution < -0.4 is 5.32 Å². The van der Waals surface area contributed by atoms with Gasteiger partial charge in [0.25, 0.3) is 5.91 Å². The lowest BCUT2D eigenvalue weighted by Gasteiger charge is -2.07. The van der Waals surface area contributed by atoms with E-state index in [0.717, 1.165) is 23.7 Å². The van der Waals surface area contributed by atoms with Gasteiger partial charge in [0.2, 0.25) is 5.13 Å². The number of carbonyl (C=O) groups is 1. The highest BCUT2D eigenvalue weighted by Crippen LogP contribution is 2.33. The minimum absolute atomic E-state index is 0.180. The molecule has 6 nitrogen and oxygen atoms in total. The molecule has 3 rings (SSSR count). The minimum atomic E-state index is -4.46. The number of anilines is 1. The summed E-state index contributed by atoms with van der Waals surface area (Å²) in [6.45, 7) is 2.11. The number of aromatic nitrogens is 2. The zero-order chi connectivity index (χ0) is 20.5. The van der Waals surface area contributed by atoms with Gasteiger partial charge in [-0.1, -0.05) is 12.1 Å². The van der Waals surface area contributed by atoms with Crippen molar-refractivity contribution in [1.82, 2.24) is 14.3 Å². The van der Waals surface area contributed by atoms with Gasteiger partial charge in [-0.05, 0) is 39.2 Å². The van der Waals surface area contributed by atoms with E-state index in [2.05, 4.69) is 14.7 Å². The lowest BCUT2D eigenvalue weighted by molar-refractivity contribution is -0.137. The van der Waals surface area contributed by atoms with Crippen LogP contribution in [0.2, 0.25) is 0 Å². The van der Waals surface area contributed by atoms with Gasteiger partial charge >= 0.3 is 6.18 Å². The van der Waals surface area contributed by atoms with Crippen LogP contribution in [-0.2, 0) is 12.7 Å². The maximum Gasteiger partial charge on any atom is 0.416 e. The normalized spacial score (nSPS) is 11.8. The highest BCUT2D eigenvalue weighted by Gasteiger charge is 2.30. The third-order valence-electron chi connectivity index (χ3n) is 3.78. The van der Waals surface area contributed by atoms with E-state index in [1.807, 2.05) is 19.0 Å². The first-order valence-electron chi connectivity index (χ1n) is 8.20. The van der Waals surface area contributed by atoms with Crippen LogP contribution in [0.1, 0.15) is 27.5 Å². The number of amides is 1. The van der Waals surface area contributed by atoms with Gasteiger partial charge in [0.1, 0.15) is 11.5 Å². The molecule has 0 saturated heterocycles. The Morgan fingerprint density at radius 3 is 2.71 bits per heavy atom. The maximum absolute atomic E-state index is 12.9. The number of rotatable bonds is 5. The van der Waals surface area contributed by atoms with E-state index in [1.54, 1.807) is 6.92 Å². The van der Waals surface area contributed by atoms with Crippen LogP contribution in [0.5, 0.6) is 0 Å². The van der Waals surface area contributed by atoms with Crippen LogP contribution in [0.25, 0.3) is 11.3 Å². The standard InChI is InChI=1S/C18H17F3N4O2S/c1-10-13(16(26)23-17-22-15(24-28-17)9-25(2)3)8-14(27-10)11-5-4-6-12(7-11)18(19,20)21/h4-8H,9H2,1-3H3,(H,22,23,24,26). The Morgan fingerprint density at radius 1 is 1.29 bits per heavy atom. The van der Waals surface area contributed by atoms with E-state index in [4.69, 9.17) is 4.42 Å². The van der Waals surface area contributed by atoms with Crippen LogP contribution >= 0.6 is 11.5 Å². The molecular formula is C18H17F3N4O2S. The number of furan rings is 1. The predicted molar refractivity (Wildman–Crippen MR) is 99.1 cm³/mol. The molecule has 0 radical (unpaired) electrons. The van der Waals surface area contributed by atoms with Gasteiger partial charge in [0, 0.05) is 17.1 Å². The summed E-state index contributed by atoms with van der Waals surface area (Å²) in [6, 6.07) is 6.17. The number of nitrogens with zero attached hydrogens (tertiary/aromatic N) is 3. The van der Waals surface area contributed by atoms with E-state index in [9.17, 15) is 18.0 Å². The lowest BCUT2D eigenvalue weighted by Crippen LogP contribution is -2.13. The summed E-state index contributed by atoms with van der Waals surface area (Å²) < 4.78 is 48.4. The second-order valence-corrected chi connectivity index (χ2v) is 7.12. The first-order chi connectivity index (χ1) is 13.1. The van der Waals surface area contributed by atoms with Crippen molar-refractivity contribution in [1.29, 1.82) is 0 Å². The molecule has 0 bridgehead atoms. The Hall–Kier alpha value is -2.72. The SMILES string of the molecule is Cc1oc(-c2cccc(C(F)(F)F)c2)cc1C(=O)Nc1nc(CN(C)C)ns1. The molecule has 0 unspecified atom stereocenters.